The number of hydrogen-bond donors (Lipinski definition) is 2. The maximum absolute atomic E-state index is 5.79. The molecule has 0 saturated carbocycles. The first-order valence-electron chi connectivity index (χ1n) is 8.20. The maximum atomic E-state index is 5.79. The van der Waals surface area contributed by atoms with Crippen molar-refractivity contribution in [2.45, 2.75) is 25.3 Å². The first-order chi connectivity index (χ1) is 10.9. The van der Waals surface area contributed by atoms with E-state index in [9.17, 15) is 0 Å². The lowest BCUT2D eigenvalue weighted by Crippen LogP contribution is -2.38. The highest BCUT2D eigenvalue weighted by Gasteiger charge is 2.33. The second kappa shape index (κ2) is 5.65. The molecular formula is C19H22N2O. The Morgan fingerprint density at radius 3 is 3.00 bits per heavy atom. The van der Waals surface area contributed by atoms with Gasteiger partial charge >= 0.3 is 0 Å². The third kappa shape index (κ3) is 2.26. The molecule has 2 atom stereocenters. The first-order valence-corrected chi connectivity index (χ1v) is 8.20. The van der Waals surface area contributed by atoms with Gasteiger partial charge in [0.15, 0.2) is 0 Å². The number of rotatable bonds is 3. The van der Waals surface area contributed by atoms with Crippen molar-refractivity contribution in [2.75, 3.05) is 25.0 Å². The highest BCUT2D eigenvalue weighted by molar-refractivity contribution is 5.75. The molecule has 0 aliphatic carbocycles. The topological polar surface area (TPSA) is 33.3 Å². The summed E-state index contributed by atoms with van der Waals surface area (Å²) < 4.78 is 5.79. The van der Waals surface area contributed by atoms with Gasteiger partial charge in [0, 0.05) is 29.8 Å². The summed E-state index contributed by atoms with van der Waals surface area (Å²) in [5, 5.41) is 7.21. The number of nitrogens with one attached hydrogen (secondary N) is 2. The minimum Gasteiger partial charge on any atom is -0.493 e. The van der Waals surface area contributed by atoms with Gasteiger partial charge in [-0.1, -0.05) is 24.3 Å². The van der Waals surface area contributed by atoms with E-state index in [1.54, 1.807) is 0 Å². The number of para-hydroxylation sites is 1. The largest absolute Gasteiger partial charge is 0.493 e. The Bertz CT molecular complexity index is 683. The number of anilines is 1. The minimum absolute atomic E-state index is 0.586. The van der Waals surface area contributed by atoms with E-state index in [1.807, 2.05) is 13.0 Å². The zero-order chi connectivity index (χ0) is 14.9. The fourth-order valence-corrected chi connectivity index (χ4v) is 3.71. The molecule has 0 spiro atoms. The summed E-state index contributed by atoms with van der Waals surface area (Å²) in [6.07, 6.45) is 1.20. The van der Waals surface area contributed by atoms with Crippen molar-refractivity contribution in [3.05, 3.63) is 48.0 Å². The summed E-state index contributed by atoms with van der Waals surface area (Å²) in [5.41, 5.74) is 5.17. The summed E-state index contributed by atoms with van der Waals surface area (Å²) in [5.74, 6) is 1.55. The Balaban J connectivity index is 1.74. The fraction of sp³-hybridized carbons (Fsp3) is 0.368. The summed E-state index contributed by atoms with van der Waals surface area (Å²) in [6, 6.07) is 15.7. The lowest BCUT2D eigenvalue weighted by Gasteiger charge is -2.26. The van der Waals surface area contributed by atoms with E-state index >= 15 is 0 Å². The van der Waals surface area contributed by atoms with Gasteiger partial charge in [0.25, 0.3) is 0 Å². The second-order valence-corrected chi connectivity index (χ2v) is 6.08. The standard InChI is InChI=1S/C19H22N2O/c1-2-22-19-6-4-3-5-14(19)13-7-8-17-15(11-13)16-12-20-10-9-18(16)21-17/h3-8,11,16,18,20-21H,2,9-10,12H2,1H3/t16-,18-/m0/s1. The zero-order valence-electron chi connectivity index (χ0n) is 12.9. The van der Waals surface area contributed by atoms with E-state index in [0.29, 0.717) is 18.6 Å². The van der Waals surface area contributed by atoms with Gasteiger partial charge in [0.1, 0.15) is 5.75 Å². The van der Waals surface area contributed by atoms with Crippen LogP contribution in [0.25, 0.3) is 11.1 Å². The molecule has 2 aliphatic heterocycles. The Labute approximate surface area is 131 Å². The minimum atomic E-state index is 0.586. The van der Waals surface area contributed by atoms with Gasteiger partial charge < -0.3 is 15.4 Å². The Morgan fingerprint density at radius 2 is 2.09 bits per heavy atom. The number of ether oxygens (including phenoxy) is 1. The summed E-state index contributed by atoms with van der Waals surface area (Å²) in [6.45, 7) is 4.91. The molecular weight excluding hydrogens is 272 g/mol. The third-order valence-corrected chi connectivity index (χ3v) is 4.77. The van der Waals surface area contributed by atoms with Gasteiger partial charge in [-0.3, -0.25) is 0 Å². The quantitative estimate of drug-likeness (QED) is 0.907. The molecule has 4 rings (SSSR count). The van der Waals surface area contributed by atoms with Gasteiger partial charge in [-0.15, -0.1) is 0 Å². The molecule has 2 heterocycles. The van der Waals surface area contributed by atoms with Crippen LogP contribution in [0.15, 0.2) is 42.5 Å². The first kappa shape index (κ1) is 13.6. The number of fused-ring (bicyclic) bond motifs is 3. The molecule has 1 saturated heterocycles. The monoisotopic (exact) mass is 294 g/mol. The van der Waals surface area contributed by atoms with Crippen LogP contribution in [0.4, 0.5) is 5.69 Å². The molecule has 3 nitrogen and oxygen atoms in total. The third-order valence-electron chi connectivity index (χ3n) is 4.77. The summed E-state index contributed by atoms with van der Waals surface area (Å²) >= 11 is 0. The van der Waals surface area contributed by atoms with Gasteiger partial charge in [-0.2, -0.15) is 0 Å². The van der Waals surface area contributed by atoms with E-state index in [0.717, 1.165) is 18.8 Å². The van der Waals surface area contributed by atoms with Crippen molar-refractivity contribution in [3.63, 3.8) is 0 Å². The fourth-order valence-electron chi connectivity index (χ4n) is 3.71. The van der Waals surface area contributed by atoms with Crippen LogP contribution in [-0.2, 0) is 0 Å². The highest BCUT2D eigenvalue weighted by atomic mass is 16.5. The SMILES string of the molecule is CCOc1ccccc1-c1ccc2c(c1)[C@@H]1CNCC[C@@H]1N2. The number of piperidine rings is 1. The van der Waals surface area contributed by atoms with Crippen molar-refractivity contribution < 1.29 is 4.74 Å². The lowest BCUT2D eigenvalue weighted by molar-refractivity contribution is 0.341. The van der Waals surface area contributed by atoms with Crippen LogP contribution >= 0.6 is 0 Å². The van der Waals surface area contributed by atoms with E-state index in [4.69, 9.17) is 4.74 Å². The second-order valence-electron chi connectivity index (χ2n) is 6.08. The Morgan fingerprint density at radius 1 is 1.18 bits per heavy atom. The average Bonchev–Trinajstić information content (AvgIpc) is 2.93. The lowest BCUT2D eigenvalue weighted by atomic mass is 9.89. The van der Waals surface area contributed by atoms with Crippen LogP contribution in [0.2, 0.25) is 0 Å². The van der Waals surface area contributed by atoms with Crippen molar-refractivity contribution in [1.82, 2.24) is 5.32 Å². The van der Waals surface area contributed by atoms with Crippen molar-refractivity contribution in [2.24, 2.45) is 0 Å². The molecule has 2 N–H and O–H groups in total. The van der Waals surface area contributed by atoms with Crippen LogP contribution in [0.3, 0.4) is 0 Å². The van der Waals surface area contributed by atoms with Crippen LogP contribution in [0.1, 0.15) is 24.8 Å². The van der Waals surface area contributed by atoms with Crippen molar-refractivity contribution in [1.29, 1.82) is 0 Å². The molecule has 114 valence electrons. The van der Waals surface area contributed by atoms with Crippen LogP contribution in [0.5, 0.6) is 5.75 Å². The summed E-state index contributed by atoms with van der Waals surface area (Å²) in [7, 11) is 0. The molecule has 2 aliphatic rings. The van der Waals surface area contributed by atoms with E-state index in [2.05, 4.69) is 47.0 Å². The van der Waals surface area contributed by atoms with Gasteiger partial charge in [0.05, 0.1) is 6.61 Å². The predicted molar refractivity (Wildman–Crippen MR) is 90.7 cm³/mol. The van der Waals surface area contributed by atoms with E-state index < -0.39 is 0 Å². The Hall–Kier alpha value is -2.00. The van der Waals surface area contributed by atoms with Crippen molar-refractivity contribution >= 4 is 5.69 Å². The van der Waals surface area contributed by atoms with E-state index in [-0.39, 0.29) is 0 Å². The molecule has 0 aromatic heterocycles. The van der Waals surface area contributed by atoms with Crippen LogP contribution in [-0.4, -0.2) is 25.7 Å². The van der Waals surface area contributed by atoms with Gasteiger partial charge in [-0.25, -0.2) is 0 Å². The molecule has 2 aromatic carbocycles. The Kier molecular flexibility index (Phi) is 3.51. The molecule has 3 heteroatoms. The average molecular weight is 294 g/mol. The summed E-state index contributed by atoms with van der Waals surface area (Å²) in [4.78, 5) is 0. The highest BCUT2D eigenvalue weighted by Crippen LogP contribution is 2.41. The van der Waals surface area contributed by atoms with Crippen molar-refractivity contribution in [3.8, 4) is 16.9 Å². The van der Waals surface area contributed by atoms with Crippen LogP contribution < -0.4 is 15.4 Å². The molecule has 0 amide bonds. The molecule has 1 fully saturated rings. The maximum Gasteiger partial charge on any atom is 0.127 e. The zero-order valence-corrected chi connectivity index (χ0v) is 12.9. The normalized spacial score (nSPS) is 22.6. The van der Waals surface area contributed by atoms with Crippen LogP contribution in [0, 0.1) is 0 Å². The molecule has 2 aromatic rings. The van der Waals surface area contributed by atoms with E-state index in [1.165, 1.54) is 28.8 Å². The molecule has 0 unspecified atom stereocenters. The molecule has 22 heavy (non-hydrogen) atoms. The predicted octanol–water partition coefficient (Wildman–Crippen LogP) is 3.62. The molecule has 0 bridgehead atoms. The smallest absolute Gasteiger partial charge is 0.127 e. The van der Waals surface area contributed by atoms with Gasteiger partial charge in [0.2, 0.25) is 0 Å². The number of hydrogen-bond acceptors (Lipinski definition) is 3. The van der Waals surface area contributed by atoms with Gasteiger partial charge in [-0.05, 0) is 49.2 Å². The molecule has 0 radical (unpaired) electrons. The number of benzene rings is 2.